The van der Waals surface area contributed by atoms with Crippen molar-refractivity contribution in [2.45, 2.75) is 0 Å². The summed E-state index contributed by atoms with van der Waals surface area (Å²) in [5, 5.41) is 12.4. The Bertz CT molecular complexity index is 414. The predicted molar refractivity (Wildman–Crippen MR) is 63.6 cm³/mol. The van der Waals surface area contributed by atoms with E-state index >= 15 is 0 Å². The predicted octanol–water partition coefficient (Wildman–Crippen LogP) is 2.00. The minimum absolute atomic E-state index is 0.543. The van der Waals surface area contributed by atoms with Crippen LogP contribution in [0.15, 0.2) is 18.2 Å². The summed E-state index contributed by atoms with van der Waals surface area (Å²) in [7, 11) is -0.832. The molecular weight excluding hydrogens is 232 g/mol. The van der Waals surface area contributed by atoms with Gasteiger partial charge in [-0.2, -0.15) is 5.26 Å². The number of rotatable bonds is 4. The standard InChI is InChI=1S/C10H11ClN2OS/c1-15(14)5-4-13-10-6-9(11)3-2-8(10)7-12/h2-3,6,13H,4-5H2,1H3. The molecule has 0 aliphatic rings. The van der Waals surface area contributed by atoms with E-state index in [9.17, 15) is 4.21 Å². The lowest BCUT2D eigenvalue weighted by molar-refractivity contribution is 0.687. The number of nitrogens with one attached hydrogen (secondary N) is 1. The van der Waals surface area contributed by atoms with E-state index < -0.39 is 10.8 Å². The first-order chi connectivity index (χ1) is 7.13. The molecule has 0 amide bonds. The Morgan fingerprint density at radius 1 is 1.60 bits per heavy atom. The third-order valence-corrected chi connectivity index (χ3v) is 2.82. The smallest absolute Gasteiger partial charge is 0.101 e. The molecular formula is C10H11ClN2OS. The summed E-state index contributed by atoms with van der Waals surface area (Å²) < 4.78 is 10.8. The summed E-state index contributed by atoms with van der Waals surface area (Å²) in [5.41, 5.74) is 1.23. The van der Waals surface area contributed by atoms with Gasteiger partial charge >= 0.3 is 0 Å². The number of anilines is 1. The van der Waals surface area contributed by atoms with Crippen molar-refractivity contribution in [3.05, 3.63) is 28.8 Å². The van der Waals surface area contributed by atoms with Crippen molar-refractivity contribution in [2.24, 2.45) is 0 Å². The lowest BCUT2D eigenvalue weighted by Crippen LogP contribution is -2.10. The maximum absolute atomic E-state index is 10.8. The molecule has 1 aromatic rings. The van der Waals surface area contributed by atoms with E-state index in [4.69, 9.17) is 16.9 Å². The van der Waals surface area contributed by atoms with Gasteiger partial charge in [0, 0.05) is 34.4 Å². The molecule has 1 rings (SSSR count). The Kier molecular flexibility index (Phi) is 4.60. The molecule has 3 nitrogen and oxygen atoms in total. The average molecular weight is 243 g/mol. The van der Waals surface area contributed by atoms with Crippen LogP contribution < -0.4 is 5.32 Å². The summed E-state index contributed by atoms with van der Waals surface area (Å²) in [5.74, 6) is 0.553. The largest absolute Gasteiger partial charge is 0.383 e. The van der Waals surface area contributed by atoms with Gasteiger partial charge in [0.15, 0.2) is 0 Å². The third-order valence-electron chi connectivity index (χ3n) is 1.81. The Morgan fingerprint density at radius 2 is 2.33 bits per heavy atom. The molecule has 5 heteroatoms. The maximum atomic E-state index is 10.8. The number of hydrogen-bond acceptors (Lipinski definition) is 3. The van der Waals surface area contributed by atoms with Crippen LogP contribution in [-0.2, 0) is 10.8 Å². The van der Waals surface area contributed by atoms with Gasteiger partial charge in [-0.3, -0.25) is 4.21 Å². The fourth-order valence-corrected chi connectivity index (χ4v) is 1.65. The van der Waals surface area contributed by atoms with Gasteiger partial charge in [0.25, 0.3) is 0 Å². The zero-order valence-corrected chi connectivity index (χ0v) is 9.86. The van der Waals surface area contributed by atoms with Crippen molar-refractivity contribution < 1.29 is 4.21 Å². The molecule has 1 unspecified atom stereocenters. The second-order valence-electron chi connectivity index (χ2n) is 3.01. The quantitative estimate of drug-likeness (QED) is 0.879. The summed E-state index contributed by atoms with van der Waals surface area (Å²) in [6, 6.07) is 7.09. The average Bonchev–Trinajstić information content (AvgIpc) is 2.17. The molecule has 0 aliphatic carbocycles. The number of halogens is 1. The first-order valence-corrected chi connectivity index (χ1v) is 6.47. The van der Waals surface area contributed by atoms with Crippen molar-refractivity contribution >= 4 is 28.1 Å². The highest BCUT2D eigenvalue weighted by atomic mass is 35.5. The van der Waals surface area contributed by atoms with Crippen molar-refractivity contribution in [1.82, 2.24) is 0 Å². The highest BCUT2D eigenvalue weighted by Crippen LogP contribution is 2.19. The minimum atomic E-state index is -0.832. The molecule has 0 bridgehead atoms. The Balaban J connectivity index is 2.71. The number of nitrogens with zero attached hydrogens (tertiary/aromatic N) is 1. The summed E-state index contributed by atoms with van der Waals surface area (Å²) in [6.07, 6.45) is 1.64. The first-order valence-electron chi connectivity index (χ1n) is 4.37. The van der Waals surface area contributed by atoms with Gasteiger partial charge in [-0.05, 0) is 18.2 Å². The second kappa shape index (κ2) is 5.74. The molecule has 0 saturated carbocycles. The molecule has 1 N–H and O–H groups in total. The minimum Gasteiger partial charge on any atom is -0.383 e. The highest BCUT2D eigenvalue weighted by molar-refractivity contribution is 7.84. The van der Waals surface area contributed by atoms with Gasteiger partial charge < -0.3 is 5.32 Å². The Morgan fingerprint density at radius 3 is 2.93 bits per heavy atom. The lowest BCUT2D eigenvalue weighted by Gasteiger charge is -2.07. The van der Waals surface area contributed by atoms with Crippen molar-refractivity contribution in [2.75, 3.05) is 23.9 Å². The molecule has 1 atom stereocenters. The van der Waals surface area contributed by atoms with Crippen molar-refractivity contribution in [3.63, 3.8) is 0 Å². The number of nitriles is 1. The zero-order chi connectivity index (χ0) is 11.3. The molecule has 0 radical (unpaired) electrons. The van der Waals surface area contributed by atoms with Crippen LogP contribution in [-0.4, -0.2) is 22.8 Å². The van der Waals surface area contributed by atoms with Crippen LogP contribution in [0.5, 0.6) is 0 Å². The van der Waals surface area contributed by atoms with E-state index in [0.29, 0.717) is 28.6 Å². The Hall–Kier alpha value is -1.05. The molecule has 1 aromatic carbocycles. The number of hydrogen-bond donors (Lipinski definition) is 1. The molecule has 0 aromatic heterocycles. The first kappa shape index (κ1) is 12.0. The molecule has 0 heterocycles. The summed E-state index contributed by atoms with van der Waals surface area (Å²) in [4.78, 5) is 0. The zero-order valence-electron chi connectivity index (χ0n) is 8.29. The van der Waals surface area contributed by atoms with Crippen LogP contribution in [0.4, 0.5) is 5.69 Å². The fraction of sp³-hybridized carbons (Fsp3) is 0.300. The monoisotopic (exact) mass is 242 g/mol. The van der Waals surface area contributed by atoms with Gasteiger partial charge in [-0.1, -0.05) is 11.6 Å². The molecule has 0 saturated heterocycles. The van der Waals surface area contributed by atoms with Crippen LogP contribution in [0.1, 0.15) is 5.56 Å². The molecule has 80 valence electrons. The van der Waals surface area contributed by atoms with Crippen LogP contribution in [0.25, 0.3) is 0 Å². The van der Waals surface area contributed by atoms with E-state index in [1.165, 1.54) is 0 Å². The van der Waals surface area contributed by atoms with Crippen LogP contribution >= 0.6 is 11.6 Å². The Labute approximate surface area is 96.5 Å². The number of benzene rings is 1. The van der Waals surface area contributed by atoms with Crippen LogP contribution in [0.3, 0.4) is 0 Å². The van der Waals surface area contributed by atoms with Crippen LogP contribution in [0.2, 0.25) is 5.02 Å². The van der Waals surface area contributed by atoms with E-state index in [0.717, 1.165) is 0 Å². The molecule has 0 spiro atoms. The maximum Gasteiger partial charge on any atom is 0.101 e. The topological polar surface area (TPSA) is 52.9 Å². The van der Waals surface area contributed by atoms with E-state index in [1.54, 1.807) is 24.5 Å². The molecule has 0 aliphatic heterocycles. The van der Waals surface area contributed by atoms with Crippen molar-refractivity contribution in [3.8, 4) is 6.07 Å². The van der Waals surface area contributed by atoms with Gasteiger partial charge in [-0.25, -0.2) is 0 Å². The molecule has 0 fully saturated rings. The highest BCUT2D eigenvalue weighted by Gasteiger charge is 2.02. The molecule has 15 heavy (non-hydrogen) atoms. The van der Waals surface area contributed by atoms with E-state index in [2.05, 4.69) is 11.4 Å². The van der Waals surface area contributed by atoms with E-state index in [-0.39, 0.29) is 0 Å². The fourth-order valence-electron chi connectivity index (χ4n) is 1.09. The van der Waals surface area contributed by atoms with Crippen LogP contribution in [0, 0.1) is 11.3 Å². The summed E-state index contributed by atoms with van der Waals surface area (Å²) in [6.45, 7) is 0.568. The van der Waals surface area contributed by atoms with Gasteiger partial charge in [0.1, 0.15) is 6.07 Å². The normalized spacial score (nSPS) is 11.8. The summed E-state index contributed by atoms with van der Waals surface area (Å²) >= 11 is 5.81. The SMILES string of the molecule is CS(=O)CCNc1cc(Cl)ccc1C#N. The van der Waals surface area contributed by atoms with Gasteiger partial charge in [-0.15, -0.1) is 0 Å². The second-order valence-corrected chi connectivity index (χ2v) is 5.00. The van der Waals surface area contributed by atoms with Gasteiger partial charge in [0.05, 0.1) is 11.3 Å². The van der Waals surface area contributed by atoms with Gasteiger partial charge in [0.2, 0.25) is 0 Å². The lowest BCUT2D eigenvalue weighted by atomic mass is 10.2. The van der Waals surface area contributed by atoms with E-state index in [1.807, 2.05) is 0 Å². The van der Waals surface area contributed by atoms with Crippen molar-refractivity contribution in [1.29, 1.82) is 5.26 Å². The third kappa shape index (κ3) is 3.90.